The lowest BCUT2D eigenvalue weighted by molar-refractivity contribution is 0.344. The van der Waals surface area contributed by atoms with Gasteiger partial charge in [0.05, 0.1) is 5.69 Å². The Labute approximate surface area is 166 Å². The van der Waals surface area contributed by atoms with Crippen LogP contribution in [0.1, 0.15) is 49.0 Å². The predicted molar refractivity (Wildman–Crippen MR) is 110 cm³/mol. The van der Waals surface area contributed by atoms with E-state index in [0.717, 1.165) is 49.0 Å². The third kappa shape index (κ3) is 5.19. The number of halogens is 2. The summed E-state index contributed by atoms with van der Waals surface area (Å²) in [6, 6.07) is 6.39. The van der Waals surface area contributed by atoms with E-state index in [-0.39, 0.29) is 24.8 Å². The van der Waals surface area contributed by atoms with Gasteiger partial charge in [-0.05, 0) is 37.8 Å². The van der Waals surface area contributed by atoms with E-state index >= 15 is 0 Å². The Hall–Kier alpha value is -1.63. The van der Waals surface area contributed by atoms with Crippen LogP contribution in [0.4, 0.5) is 11.5 Å². The molecule has 0 amide bonds. The minimum absolute atomic E-state index is 0. The van der Waals surface area contributed by atoms with Crippen molar-refractivity contribution in [3.63, 3.8) is 0 Å². The Morgan fingerprint density at radius 2 is 1.81 bits per heavy atom. The summed E-state index contributed by atoms with van der Waals surface area (Å²) in [5.74, 6) is 3.02. The third-order valence-corrected chi connectivity index (χ3v) is 4.72. The quantitative estimate of drug-likeness (QED) is 0.621. The van der Waals surface area contributed by atoms with Crippen LogP contribution in [0.5, 0.6) is 0 Å². The average Bonchev–Trinajstić information content (AvgIpc) is 3.42. The Morgan fingerprint density at radius 1 is 1.04 bits per heavy atom. The van der Waals surface area contributed by atoms with E-state index in [4.69, 9.17) is 15.7 Å². The first kappa shape index (κ1) is 20.7. The number of aromatic nitrogens is 3. The summed E-state index contributed by atoms with van der Waals surface area (Å²) >= 11 is 0. The van der Waals surface area contributed by atoms with Crippen molar-refractivity contribution in [2.45, 2.75) is 43.6 Å². The minimum Gasteiger partial charge on any atom is -0.382 e. The van der Waals surface area contributed by atoms with Crippen LogP contribution in [0.3, 0.4) is 0 Å². The molecular formula is C18H26Cl2N6. The molecule has 2 aromatic heterocycles. The number of nitrogens with two attached hydrogens (primary N) is 1. The first-order valence-electron chi connectivity index (χ1n) is 8.80. The summed E-state index contributed by atoms with van der Waals surface area (Å²) in [6.07, 6.45) is 8.13. The molecule has 2 heterocycles. The lowest BCUT2D eigenvalue weighted by atomic mass is 9.78. The van der Waals surface area contributed by atoms with Crippen LogP contribution in [0.25, 0.3) is 0 Å². The molecule has 4 rings (SSSR count). The molecule has 0 saturated heterocycles. The number of nitrogens with zero attached hydrogens (tertiary/aromatic N) is 3. The molecule has 2 aromatic rings. The monoisotopic (exact) mass is 396 g/mol. The normalized spacial score (nSPS) is 21.0. The number of nitrogens with one attached hydrogen (secondary N) is 2. The highest BCUT2D eigenvalue weighted by atomic mass is 35.5. The van der Waals surface area contributed by atoms with Crippen molar-refractivity contribution in [2.24, 2.45) is 5.73 Å². The van der Waals surface area contributed by atoms with Gasteiger partial charge in [0.25, 0.3) is 0 Å². The van der Waals surface area contributed by atoms with E-state index in [1.165, 1.54) is 12.8 Å². The molecule has 4 N–H and O–H groups in total. The highest BCUT2D eigenvalue weighted by Gasteiger charge is 2.32. The van der Waals surface area contributed by atoms with Crippen LogP contribution in [0, 0.1) is 0 Å². The van der Waals surface area contributed by atoms with Crippen molar-refractivity contribution in [1.29, 1.82) is 0 Å². The van der Waals surface area contributed by atoms with Gasteiger partial charge in [0.2, 0.25) is 0 Å². The van der Waals surface area contributed by atoms with Crippen LogP contribution in [-0.4, -0.2) is 34.1 Å². The standard InChI is InChI=1S/C18H24N6.2ClH/c19-14-8-13(9-14)16-10-17(24-18(23-16)12-3-4-12)22-7-6-21-15-2-1-5-20-11-15;;/h1-2,5,10-14,21H,3-4,6-9,19H2,(H,22,23,24);2*1H. The van der Waals surface area contributed by atoms with Crippen molar-refractivity contribution >= 4 is 36.3 Å². The SMILES string of the molecule is Cl.Cl.NC1CC(c2cc(NCCNc3cccnc3)nc(C3CC3)n2)C1. The van der Waals surface area contributed by atoms with Crippen molar-refractivity contribution < 1.29 is 0 Å². The second-order valence-corrected chi connectivity index (χ2v) is 6.83. The molecule has 0 aliphatic heterocycles. The van der Waals surface area contributed by atoms with Crippen LogP contribution >= 0.6 is 24.8 Å². The van der Waals surface area contributed by atoms with Gasteiger partial charge < -0.3 is 16.4 Å². The fourth-order valence-corrected chi connectivity index (χ4v) is 3.08. The second kappa shape index (κ2) is 9.35. The zero-order valence-electron chi connectivity index (χ0n) is 14.6. The highest BCUT2D eigenvalue weighted by molar-refractivity contribution is 5.85. The molecule has 0 radical (unpaired) electrons. The number of rotatable bonds is 7. The lowest BCUT2D eigenvalue weighted by Gasteiger charge is -2.32. The van der Waals surface area contributed by atoms with E-state index in [9.17, 15) is 0 Å². The topological polar surface area (TPSA) is 88.8 Å². The average molecular weight is 397 g/mol. The molecule has 0 spiro atoms. The molecule has 0 bridgehead atoms. The van der Waals surface area contributed by atoms with E-state index in [1.807, 2.05) is 18.3 Å². The van der Waals surface area contributed by atoms with Crippen molar-refractivity contribution in [3.8, 4) is 0 Å². The molecule has 2 aliphatic rings. The number of pyridine rings is 1. The van der Waals surface area contributed by atoms with Gasteiger partial charge in [-0.2, -0.15) is 0 Å². The van der Waals surface area contributed by atoms with Gasteiger partial charge >= 0.3 is 0 Å². The van der Waals surface area contributed by atoms with Gasteiger partial charge in [-0.15, -0.1) is 24.8 Å². The van der Waals surface area contributed by atoms with Gasteiger partial charge in [-0.25, -0.2) is 9.97 Å². The van der Waals surface area contributed by atoms with Crippen molar-refractivity contribution in [2.75, 3.05) is 23.7 Å². The molecule has 2 aliphatic carbocycles. The Bertz CT molecular complexity index is 689. The van der Waals surface area contributed by atoms with E-state index in [1.54, 1.807) is 6.20 Å². The molecule has 26 heavy (non-hydrogen) atoms. The third-order valence-electron chi connectivity index (χ3n) is 4.72. The van der Waals surface area contributed by atoms with Gasteiger partial charge in [-0.3, -0.25) is 4.98 Å². The smallest absolute Gasteiger partial charge is 0.134 e. The van der Waals surface area contributed by atoms with E-state index in [0.29, 0.717) is 17.9 Å². The van der Waals surface area contributed by atoms with E-state index in [2.05, 4.69) is 21.7 Å². The van der Waals surface area contributed by atoms with Crippen molar-refractivity contribution in [1.82, 2.24) is 15.0 Å². The van der Waals surface area contributed by atoms with Crippen LogP contribution in [-0.2, 0) is 0 Å². The first-order chi connectivity index (χ1) is 11.8. The molecular weight excluding hydrogens is 371 g/mol. The molecule has 142 valence electrons. The summed E-state index contributed by atoms with van der Waals surface area (Å²) < 4.78 is 0. The van der Waals surface area contributed by atoms with Gasteiger partial charge in [0.15, 0.2) is 0 Å². The number of hydrogen-bond donors (Lipinski definition) is 3. The maximum absolute atomic E-state index is 5.94. The molecule has 2 fully saturated rings. The predicted octanol–water partition coefficient (Wildman–Crippen LogP) is 3.32. The number of hydrogen-bond acceptors (Lipinski definition) is 6. The Morgan fingerprint density at radius 3 is 2.46 bits per heavy atom. The molecule has 0 aromatic carbocycles. The zero-order valence-corrected chi connectivity index (χ0v) is 16.2. The fourth-order valence-electron chi connectivity index (χ4n) is 3.08. The summed E-state index contributed by atoms with van der Waals surface area (Å²) in [6.45, 7) is 1.62. The summed E-state index contributed by atoms with van der Waals surface area (Å²) in [4.78, 5) is 13.6. The second-order valence-electron chi connectivity index (χ2n) is 6.83. The maximum atomic E-state index is 5.94. The molecule has 8 heteroatoms. The minimum atomic E-state index is 0. The zero-order chi connectivity index (χ0) is 16.4. The van der Waals surface area contributed by atoms with Crippen LogP contribution in [0.15, 0.2) is 30.6 Å². The summed E-state index contributed by atoms with van der Waals surface area (Å²) in [5.41, 5.74) is 8.13. The fraction of sp³-hybridized carbons (Fsp3) is 0.500. The van der Waals surface area contributed by atoms with Gasteiger partial charge in [-0.1, -0.05) is 0 Å². The molecule has 2 saturated carbocycles. The van der Waals surface area contributed by atoms with Gasteiger partial charge in [0.1, 0.15) is 11.6 Å². The van der Waals surface area contributed by atoms with Crippen LogP contribution in [0.2, 0.25) is 0 Å². The molecule has 0 atom stereocenters. The van der Waals surface area contributed by atoms with Crippen LogP contribution < -0.4 is 16.4 Å². The lowest BCUT2D eigenvalue weighted by Crippen LogP contribution is -2.35. The molecule has 0 unspecified atom stereocenters. The summed E-state index contributed by atoms with van der Waals surface area (Å²) in [7, 11) is 0. The maximum Gasteiger partial charge on any atom is 0.134 e. The largest absolute Gasteiger partial charge is 0.382 e. The summed E-state index contributed by atoms with van der Waals surface area (Å²) in [5, 5.41) is 6.77. The molecule has 6 nitrogen and oxygen atoms in total. The first-order valence-corrected chi connectivity index (χ1v) is 8.80. The Balaban J connectivity index is 0.00000121. The highest BCUT2D eigenvalue weighted by Crippen LogP contribution is 2.41. The van der Waals surface area contributed by atoms with Gasteiger partial charge in [0, 0.05) is 55.1 Å². The van der Waals surface area contributed by atoms with E-state index < -0.39 is 0 Å². The number of anilines is 2. The Kier molecular flexibility index (Phi) is 7.43. The van der Waals surface area contributed by atoms with Crippen molar-refractivity contribution in [3.05, 3.63) is 42.1 Å².